The molecule has 0 fully saturated rings. The lowest BCUT2D eigenvalue weighted by Gasteiger charge is -2.12. The van der Waals surface area contributed by atoms with Crippen molar-refractivity contribution in [2.75, 3.05) is 13.7 Å². The van der Waals surface area contributed by atoms with E-state index in [1.54, 1.807) is 12.1 Å². The fourth-order valence-electron chi connectivity index (χ4n) is 2.95. The fraction of sp³-hybridized carbons (Fsp3) is 0.182. The third-order valence-corrected chi connectivity index (χ3v) is 4.32. The average molecular weight is 392 g/mol. The van der Waals surface area contributed by atoms with Crippen molar-refractivity contribution in [1.29, 1.82) is 0 Å². The zero-order valence-corrected chi connectivity index (χ0v) is 16.1. The van der Waals surface area contributed by atoms with E-state index in [0.29, 0.717) is 23.9 Å². The van der Waals surface area contributed by atoms with E-state index in [4.69, 9.17) is 13.9 Å². The number of aromatic nitrogens is 2. The van der Waals surface area contributed by atoms with Crippen LogP contribution in [0.2, 0.25) is 0 Å². The number of rotatable bonds is 7. The van der Waals surface area contributed by atoms with Crippen LogP contribution in [0.4, 0.5) is 0 Å². The Kier molecular flexibility index (Phi) is 5.20. The Morgan fingerprint density at radius 3 is 2.72 bits per heavy atom. The van der Waals surface area contributed by atoms with Crippen LogP contribution < -0.4 is 9.47 Å². The van der Waals surface area contributed by atoms with Gasteiger partial charge in [0.1, 0.15) is 18.2 Å². The molecule has 0 bridgehead atoms. The number of H-pyrrole nitrogens is 1. The molecule has 148 valence electrons. The molecular formula is C22H20N2O5. The van der Waals surface area contributed by atoms with Gasteiger partial charge in [0.2, 0.25) is 5.76 Å². The van der Waals surface area contributed by atoms with Gasteiger partial charge in [0.05, 0.1) is 24.8 Å². The molecule has 0 aliphatic heterocycles. The monoisotopic (exact) mass is 392 g/mol. The first-order valence-electron chi connectivity index (χ1n) is 9.19. The smallest absolute Gasteiger partial charge is 0.373 e. The molecule has 0 radical (unpaired) electrons. The number of ether oxygens (including phenoxy) is 3. The van der Waals surface area contributed by atoms with E-state index in [9.17, 15) is 4.79 Å². The molecule has 0 saturated carbocycles. The van der Waals surface area contributed by atoms with Crippen molar-refractivity contribution in [3.63, 3.8) is 0 Å². The number of benzene rings is 2. The van der Waals surface area contributed by atoms with Gasteiger partial charge in [-0.15, -0.1) is 0 Å². The minimum Gasteiger partial charge on any atom is -0.490 e. The molecule has 4 aromatic rings. The minimum atomic E-state index is -0.526. The first-order chi connectivity index (χ1) is 14.2. The Labute approximate surface area is 167 Å². The van der Waals surface area contributed by atoms with Crippen LogP contribution in [0, 0.1) is 0 Å². The van der Waals surface area contributed by atoms with Crippen molar-refractivity contribution in [3.8, 4) is 22.9 Å². The van der Waals surface area contributed by atoms with Crippen molar-refractivity contribution in [1.82, 2.24) is 9.97 Å². The number of para-hydroxylation sites is 2. The van der Waals surface area contributed by atoms with Crippen LogP contribution in [0.25, 0.3) is 22.4 Å². The van der Waals surface area contributed by atoms with Crippen LogP contribution in [0.1, 0.15) is 23.2 Å². The van der Waals surface area contributed by atoms with Gasteiger partial charge in [0.25, 0.3) is 0 Å². The van der Waals surface area contributed by atoms with Crippen molar-refractivity contribution in [3.05, 3.63) is 66.1 Å². The van der Waals surface area contributed by atoms with Gasteiger partial charge in [-0.2, -0.15) is 0 Å². The lowest BCUT2D eigenvalue weighted by Crippen LogP contribution is -2.00. The van der Waals surface area contributed by atoms with E-state index in [1.165, 1.54) is 7.11 Å². The van der Waals surface area contributed by atoms with Gasteiger partial charge in [-0.1, -0.05) is 12.1 Å². The number of furan rings is 1. The van der Waals surface area contributed by atoms with E-state index >= 15 is 0 Å². The largest absolute Gasteiger partial charge is 0.490 e. The predicted octanol–water partition coefficient (Wildman–Crippen LogP) is 4.59. The molecule has 0 atom stereocenters. The second-order valence-electron chi connectivity index (χ2n) is 6.24. The van der Waals surface area contributed by atoms with Gasteiger partial charge >= 0.3 is 5.97 Å². The summed E-state index contributed by atoms with van der Waals surface area (Å²) >= 11 is 0. The minimum absolute atomic E-state index is 0.136. The number of carbonyl (C=O) groups is 1. The number of aromatic amines is 1. The third kappa shape index (κ3) is 3.94. The second kappa shape index (κ2) is 8.10. The molecule has 7 heteroatoms. The number of imidazole rings is 1. The van der Waals surface area contributed by atoms with E-state index in [-0.39, 0.29) is 12.4 Å². The molecular weight excluding hydrogens is 372 g/mol. The van der Waals surface area contributed by atoms with Gasteiger partial charge < -0.3 is 23.6 Å². The van der Waals surface area contributed by atoms with Crippen LogP contribution in [0.5, 0.6) is 11.5 Å². The fourth-order valence-corrected chi connectivity index (χ4v) is 2.95. The molecule has 0 aliphatic rings. The maximum Gasteiger partial charge on any atom is 0.373 e. The number of hydrogen-bond donors (Lipinski definition) is 1. The van der Waals surface area contributed by atoms with Crippen molar-refractivity contribution in [2.24, 2.45) is 0 Å². The van der Waals surface area contributed by atoms with Crippen LogP contribution in [-0.4, -0.2) is 29.7 Å². The van der Waals surface area contributed by atoms with Crippen LogP contribution >= 0.6 is 0 Å². The number of methoxy groups -OCH3 is 1. The molecule has 7 nitrogen and oxygen atoms in total. The number of nitrogens with one attached hydrogen (secondary N) is 1. The highest BCUT2D eigenvalue weighted by Crippen LogP contribution is 2.33. The quantitative estimate of drug-likeness (QED) is 0.463. The van der Waals surface area contributed by atoms with E-state index in [1.807, 2.05) is 49.4 Å². The van der Waals surface area contributed by atoms with Crippen molar-refractivity contribution < 1.29 is 23.4 Å². The second-order valence-corrected chi connectivity index (χ2v) is 6.24. The van der Waals surface area contributed by atoms with Crippen LogP contribution in [-0.2, 0) is 11.3 Å². The summed E-state index contributed by atoms with van der Waals surface area (Å²) in [5.74, 6) is 2.05. The molecule has 0 saturated heterocycles. The Morgan fingerprint density at radius 2 is 1.93 bits per heavy atom. The number of nitrogens with zero attached hydrogens (tertiary/aromatic N) is 1. The van der Waals surface area contributed by atoms with Gasteiger partial charge in [0, 0.05) is 5.56 Å². The van der Waals surface area contributed by atoms with E-state index < -0.39 is 5.97 Å². The molecule has 2 heterocycles. The first kappa shape index (κ1) is 18.6. The topological polar surface area (TPSA) is 86.6 Å². The van der Waals surface area contributed by atoms with Gasteiger partial charge in [-0.05, 0) is 49.4 Å². The highest BCUT2D eigenvalue weighted by atomic mass is 16.5. The maximum atomic E-state index is 11.5. The Morgan fingerprint density at radius 1 is 1.07 bits per heavy atom. The molecule has 2 aromatic carbocycles. The Balaban J connectivity index is 1.55. The summed E-state index contributed by atoms with van der Waals surface area (Å²) in [5, 5.41) is 0. The summed E-state index contributed by atoms with van der Waals surface area (Å²) in [6.45, 7) is 2.56. The van der Waals surface area contributed by atoms with Gasteiger partial charge in [0.15, 0.2) is 11.5 Å². The molecule has 4 rings (SSSR count). The summed E-state index contributed by atoms with van der Waals surface area (Å²) in [6.07, 6.45) is 0. The molecule has 0 amide bonds. The Bertz CT molecular complexity index is 1110. The summed E-state index contributed by atoms with van der Waals surface area (Å²) in [4.78, 5) is 19.4. The zero-order chi connectivity index (χ0) is 20.2. The van der Waals surface area contributed by atoms with E-state index in [0.717, 1.165) is 22.4 Å². The van der Waals surface area contributed by atoms with Crippen molar-refractivity contribution in [2.45, 2.75) is 13.5 Å². The van der Waals surface area contributed by atoms with Crippen LogP contribution in [0.15, 0.2) is 59.0 Å². The summed E-state index contributed by atoms with van der Waals surface area (Å²) in [7, 11) is 1.30. The lowest BCUT2D eigenvalue weighted by molar-refractivity contribution is 0.0561. The highest BCUT2D eigenvalue weighted by molar-refractivity contribution is 5.86. The SMILES string of the molecule is CCOc1cc(-c2nc3ccccc3[nH]2)ccc1OCc1ccc(C(=O)OC)o1. The number of hydrogen-bond acceptors (Lipinski definition) is 6. The molecule has 0 spiro atoms. The van der Waals surface area contributed by atoms with Crippen molar-refractivity contribution >= 4 is 17.0 Å². The normalized spacial score (nSPS) is 10.8. The number of esters is 1. The zero-order valence-electron chi connectivity index (χ0n) is 16.1. The molecule has 29 heavy (non-hydrogen) atoms. The van der Waals surface area contributed by atoms with Crippen LogP contribution in [0.3, 0.4) is 0 Å². The standard InChI is InChI=1S/C22H20N2O5/c1-3-27-20-12-14(21-23-16-6-4-5-7-17(16)24-21)8-10-18(20)28-13-15-9-11-19(29-15)22(25)26-2/h4-12H,3,13H2,1-2H3,(H,23,24). The third-order valence-electron chi connectivity index (χ3n) is 4.32. The van der Waals surface area contributed by atoms with E-state index in [2.05, 4.69) is 14.7 Å². The maximum absolute atomic E-state index is 11.5. The molecule has 0 unspecified atom stereocenters. The van der Waals surface area contributed by atoms with Gasteiger partial charge in [-0.25, -0.2) is 9.78 Å². The average Bonchev–Trinajstić information content (AvgIpc) is 3.39. The number of carbonyl (C=O) groups excluding carboxylic acids is 1. The lowest BCUT2D eigenvalue weighted by atomic mass is 10.2. The predicted molar refractivity (Wildman–Crippen MR) is 107 cm³/mol. The molecule has 0 aliphatic carbocycles. The highest BCUT2D eigenvalue weighted by Gasteiger charge is 2.14. The number of fused-ring (bicyclic) bond motifs is 1. The first-order valence-corrected chi connectivity index (χ1v) is 9.19. The summed E-state index contributed by atoms with van der Waals surface area (Å²) in [5.41, 5.74) is 2.77. The summed E-state index contributed by atoms with van der Waals surface area (Å²) in [6, 6.07) is 16.7. The summed E-state index contributed by atoms with van der Waals surface area (Å²) < 4.78 is 21.7. The molecule has 1 N–H and O–H groups in total. The molecule has 2 aromatic heterocycles. The Hall–Kier alpha value is -3.74. The van der Waals surface area contributed by atoms with Gasteiger partial charge in [-0.3, -0.25) is 0 Å².